The molecular weight excluding hydrogens is 326 g/mol. The van der Waals surface area contributed by atoms with Gasteiger partial charge in [0.15, 0.2) is 5.78 Å². The lowest BCUT2D eigenvalue weighted by molar-refractivity contribution is 0.0593. The second kappa shape index (κ2) is 7.74. The fourth-order valence-corrected chi connectivity index (χ4v) is 2.90. The number of esters is 1. The van der Waals surface area contributed by atoms with E-state index in [0.717, 1.165) is 5.56 Å². The summed E-state index contributed by atoms with van der Waals surface area (Å²) in [4.78, 5) is 29.7. The third kappa shape index (κ3) is 3.40. The number of aryl methyl sites for hydroxylation is 1. The second-order valence-corrected chi connectivity index (χ2v) is 5.78. The number of carbonyl (C=O) groups is 2. The van der Waals surface area contributed by atoms with E-state index in [1.54, 1.807) is 18.2 Å². The van der Waals surface area contributed by atoms with E-state index in [0.29, 0.717) is 28.8 Å². The Morgan fingerprint density at radius 2 is 1.58 bits per heavy atom. The highest BCUT2D eigenvalue weighted by Crippen LogP contribution is 2.29. The Morgan fingerprint density at radius 3 is 2.15 bits per heavy atom. The standard InChI is InChI=1S/C22H19NO3/c1-3-18-20(21(24)16-12-8-5-9-13-16)17(15-10-6-4-7-11-15)14-19(23-18)22(25)26-2/h4-14H,3H2,1-2H3. The lowest BCUT2D eigenvalue weighted by Crippen LogP contribution is -2.14. The summed E-state index contributed by atoms with van der Waals surface area (Å²) in [5.74, 6) is -0.624. The fraction of sp³-hybridized carbons (Fsp3) is 0.136. The zero-order valence-electron chi connectivity index (χ0n) is 14.7. The molecule has 0 saturated carbocycles. The molecule has 0 bridgehead atoms. The van der Waals surface area contributed by atoms with Crippen molar-refractivity contribution in [3.8, 4) is 11.1 Å². The summed E-state index contributed by atoms with van der Waals surface area (Å²) in [6.07, 6.45) is 0.526. The van der Waals surface area contributed by atoms with Crippen LogP contribution in [0.5, 0.6) is 0 Å². The summed E-state index contributed by atoms with van der Waals surface area (Å²) in [6, 6.07) is 20.3. The highest BCUT2D eigenvalue weighted by molar-refractivity contribution is 6.14. The molecule has 0 atom stereocenters. The number of nitrogens with zero attached hydrogens (tertiary/aromatic N) is 1. The molecule has 0 aliphatic heterocycles. The van der Waals surface area contributed by atoms with E-state index in [1.165, 1.54) is 7.11 Å². The molecule has 130 valence electrons. The van der Waals surface area contributed by atoms with Gasteiger partial charge in [-0.1, -0.05) is 67.6 Å². The quantitative estimate of drug-likeness (QED) is 0.510. The molecule has 0 saturated heterocycles. The van der Waals surface area contributed by atoms with Crippen LogP contribution in [0.2, 0.25) is 0 Å². The van der Waals surface area contributed by atoms with Gasteiger partial charge in [0.1, 0.15) is 5.69 Å². The lowest BCUT2D eigenvalue weighted by Gasteiger charge is -2.15. The Hall–Kier alpha value is -3.27. The Labute approximate surface area is 152 Å². The number of benzene rings is 2. The lowest BCUT2D eigenvalue weighted by atomic mass is 9.91. The summed E-state index contributed by atoms with van der Waals surface area (Å²) < 4.78 is 4.83. The minimum atomic E-state index is -0.518. The van der Waals surface area contributed by atoms with Crippen LogP contribution in [0.3, 0.4) is 0 Å². The number of methoxy groups -OCH3 is 1. The zero-order chi connectivity index (χ0) is 18.5. The predicted octanol–water partition coefficient (Wildman–Crippen LogP) is 4.33. The van der Waals surface area contributed by atoms with Gasteiger partial charge in [0.2, 0.25) is 0 Å². The molecule has 0 N–H and O–H groups in total. The molecule has 3 rings (SSSR count). The third-order valence-corrected chi connectivity index (χ3v) is 4.17. The van der Waals surface area contributed by atoms with Crippen molar-refractivity contribution in [1.82, 2.24) is 4.98 Å². The van der Waals surface area contributed by atoms with Crippen LogP contribution in [-0.2, 0) is 11.2 Å². The van der Waals surface area contributed by atoms with Crippen molar-refractivity contribution < 1.29 is 14.3 Å². The Morgan fingerprint density at radius 1 is 0.962 bits per heavy atom. The molecule has 2 aromatic carbocycles. The SMILES string of the molecule is CCc1nc(C(=O)OC)cc(-c2ccccc2)c1C(=O)c1ccccc1. The van der Waals surface area contributed by atoms with Crippen LogP contribution < -0.4 is 0 Å². The van der Waals surface area contributed by atoms with Crippen molar-refractivity contribution in [2.24, 2.45) is 0 Å². The molecule has 0 amide bonds. The Kier molecular flexibility index (Phi) is 5.23. The fourth-order valence-electron chi connectivity index (χ4n) is 2.90. The molecule has 0 aliphatic rings. The summed E-state index contributed by atoms with van der Waals surface area (Å²) in [6.45, 7) is 1.92. The summed E-state index contributed by atoms with van der Waals surface area (Å²) in [7, 11) is 1.32. The minimum absolute atomic E-state index is 0.106. The molecule has 4 heteroatoms. The van der Waals surface area contributed by atoms with Crippen LogP contribution in [0.15, 0.2) is 66.7 Å². The van der Waals surface area contributed by atoms with Gasteiger partial charge in [-0.25, -0.2) is 9.78 Å². The van der Waals surface area contributed by atoms with Crippen molar-refractivity contribution in [2.45, 2.75) is 13.3 Å². The van der Waals surface area contributed by atoms with Crippen molar-refractivity contribution in [3.63, 3.8) is 0 Å². The van der Waals surface area contributed by atoms with E-state index in [9.17, 15) is 9.59 Å². The molecule has 1 heterocycles. The van der Waals surface area contributed by atoms with Gasteiger partial charge in [-0.2, -0.15) is 0 Å². The van der Waals surface area contributed by atoms with E-state index in [2.05, 4.69) is 4.98 Å². The van der Waals surface area contributed by atoms with Gasteiger partial charge in [-0.3, -0.25) is 4.79 Å². The first-order chi connectivity index (χ1) is 12.7. The number of ether oxygens (including phenoxy) is 1. The minimum Gasteiger partial charge on any atom is -0.464 e. The van der Waals surface area contributed by atoms with Crippen LogP contribution in [-0.4, -0.2) is 23.8 Å². The third-order valence-electron chi connectivity index (χ3n) is 4.17. The molecule has 0 fully saturated rings. The highest BCUT2D eigenvalue weighted by Gasteiger charge is 2.23. The molecule has 0 radical (unpaired) electrons. The van der Waals surface area contributed by atoms with Crippen molar-refractivity contribution in [1.29, 1.82) is 0 Å². The largest absolute Gasteiger partial charge is 0.464 e. The number of carbonyl (C=O) groups excluding carboxylic acids is 2. The van der Waals surface area contributed by atoms with Crippen molar-refractivity contribution in [3.05, 3.63) is 89.2 Å². The van der Waals surface area contributed by atoms with Crippen LogP contribution in [0, 0.1) is 0 Å². The summed E-state index contributed by atoms with van der Waals surface area (Å²) in [5, 5.41) is 0. The molecule has 4 nitrogen and oxygen atoms in total. The number of aromatic nitrogens is 1. The molecule has 1 aromatic heterocycles. The maximum atomic E-state index is 13.2. The Balaban J connectivity index is 2.27. The zero-order valence-corrected chi connectivity index (χ0v) is 14.7. The van der Waals surface area contributed by atoms with E-state index >= 15 is 0 Å². The van der Waals surface area contributed by atoms with Gasteiger partial charge in [0, 0.05) is 5.56 Å². The van der Waals surface area contributed by atoms with E-state index in [1.807, 2.05) is 55.5 Å². The van der Waals surface area contributed by atoms with Gasteiger partial charge < -0.3 is 4.74 Å². The average Bonchev–Trinajstić information content (AvgIpc) is 2.72. The number of hydrogen-bond acceptors (Lipinski definition) is 4. The molecule has 26 heavy (non-hydrogen) atoms. The number of hydrogen-bond donors (Lipinski definition) is 0. The van der Waals surface area contributed by atoms with Crippen LogP contribution in [0.4, 0.5) is 0 Å². The van der Waals surface area contributed by atoms with E-state index < -0.39 is 5.97 Å². The van der Waals surface area contributed by atoms with Gasteiger partial charge in [-0.15, -0.1) is 0 Å². The van der Waals surface area contributed by atoms with Crippen molar-refractivity contribution in [2.75, 3.05) is 7.11 Å². The molecular formula is C22H19NO3. The summed E-state index contributed by atoms with van der Waals surface area (Å²) in [5.41, 5.74) is 3.44. The second-order valence-electron chi connectivity index (χ2n) is 5.78. The molecule has 3 aromatic rings. The number of rotatable bonds is 5. The van der Waals surface area contributed by atoms with Crippen LogP contribution >= 0.6 is 0 Å². The topological polar surface area (TPSA) is 56.3 Å². The first-order valence-corrected chi connectivity index (χ1v) is 8.43. The van der Waals surface area contributed by atoms with Crippen LogP contribution in [0.25, 0.3) is 11.1 Å². The number of pyridine rings is 1. The van der Waals surface area contributed by atoms with Gasteiger partial charge in [-0.05, 0) is 23.6 Å². The van der Waals surface area contributed by atoms with Crippen LogP contribution in [0.1, 0.15) is 39.0 Å². The number of ketones is 1. The highest BCUT2D eigenvalue weighted by atomic mass is 16.5. The van der Waals surface area contributed by atoms with E-state index in [4.69, 9.17) is 4.74 Å². The first-order valence-electron chi connectivity index (χ1n) is 8.43. The van der Waals surface area contributed by atoms with E-state index in [-0.39, 0.29) is 11.5 Å². The normalized spacial score (nSPS) is 10.4. The Bertz CT molecular complexity index is 934. The average molecular weight is 345 g/mol. The molecule has 0 spiro atoms. The predicted molar refractivity (Wildman–Crippen MR) is 100 cm³/mol. The first kappa shape index (κ1) is 17.5. The maximum Gasteiger partial charge on any atom is 0.356 e. The summed E-state index contributed by atoms with van der Waals surface area (Å²) >= 11 is 0. The molecule has 0 unspecified atom stereocenters. The maximum absolute atomic E-state index is 13.2. The van der Waals surface area contributed by atoms with Gasteiger partial charge >= 0.3 is 5.97 Å². The smallest absolute Gasteiger partial charge is 0.356 e. The van der Waals surface area contributed by atoms with Gasteiger partial charge in [0.05, 0.1) is 18.4 Å². The van der Waals surface area contributed by atoms with Crippen molar-refractivity contribution >= 4 is 11.8 Å². The monoisotopic (exact) mass is 345 g/mol. The van der Waals surface area contributed by atoms with Gasteiger partial charge in [0.25, 0.3) is 0 Å². The molecule has 0 aliphatic carbocycles.